The number of nitrogens with zero attached hydrogens (tertiary/aromatic N) is 2. The maximum atomic E-state index is 14.7. The van der Waals surface area contributed by atoms with Crippen LogP contribution in [0, 0.1) is 18.7 Å². The lowest BCUT2D eigenvalue weighted by Gasteiger charge is -2.19. The second kappa shape index (κ2) is 9.87. The minimum atomic E-state index is -4.57. The fourth-order valence-electron chi connectivity index (χ4n) is 3.86. The standard InChI is InChI=1S/C22H26F4N4O3S/c1-11-7-14(17(23)9-18(11)27-10-34(32)33)12(2)28-21(31)16-8-15(16)13-5-6-19(22(24,25)26)29-20(13)30(3)4/h5-7,9,12,15-16,27H,8,10H2,1-4H3,(H,28,31)(H,32,33)/t12-,15?,16?/m1/s1. The molecule has 1 aliphatic rings. The molecule has 0 radical (unpaired) electrons. The third kappa shape index (κ3) is 5.84. The molecule has 7 nitrogen and oxygen atoms in total. The molecular weight excluding hydrogens is 476 g/mol. The van der Waals surface area contributed by atoms with Gasteiger partial charge in [0.05, 0.1) is 6.04 Å². The van der Waals surface area contributed by atoms with Gasteiger partial charge < -0.3 is 20.1 Å². The molecule has 186 valence electrons. The van der Waals surface area contributed by atoms with Crippen molar-refractivity contribution in [3.63, 3.8) is 0 Å². The topological polar surface area (TPSA) is 94.6 Å². The van der Waals surface area contributed by atoms with Crippen LogP contribution in [0.25, 0.3) is 0 Å². The minimum Gasteiger partial charge on any atom is -0.371 e. The number of anilines is 2. The first kappa shape index (κ1) is 25.9. The predicted octanol–water partition coefficient (Wildman–Crippen LogP) is 4.19. The smallest absolute Gasteiger partial charge is 0.371 e. The number of halogens is 4. The maximum Gasteiger partial charge on any atom is 0.433 e. The van der Waals surface area contributed by atoms with Crippen molar-refractivity contribution in [3.8, 4) is 0 Å². The van der Waals surface area contributed by atoms with E-state index in [-0.39, 0.29) is 29.1 Å². The van der Waals surface area contributed by atoms with E-state index in [1.807, 2.05) is 0 Å². The van der Waals surface area contributed by atoms with Crippen molar-refractivity contribution in [2.75, 3.05) is 30.2 Å². The number of benzene rings is 1. The van der Waals surface area contributed by atoms with Gasteiger partial charge in [0.15, 0.2) is 11.1 Å². The van der Waals surface area contributed by atoms with Crippen molar-refractivity contribution < 1.29 is 31.1 Å². The zero-order valence-electron chi connectivity index (χ0n) is 19.0. The van der Waals surface area contributed by atoms with E-state index in [4.69, 9.17) is 4.55 Å². The zero-order valence-corrected chi connectivity index (χ0v) is 19.9. The molecule has 3 rings (SSSR count). The number of nitrogens with one attached hydrogen (secondary N) is 2. The first-order chi connectivity index (χ1) is 15.8. The van der Waals surface area contributed by atoms with Crippen LogP contribution in [0.15, 0.2) is 24.3 Å². The molecule has 0 bridgehead atoms. The van der Waals surface area contributed by atoms with Gasteiger partial charge in [0.1, 0.15) is 23.2 Å². The molecule has 34 heavy (non-hydrogen) atoms. The number of rotatable bonds is 8. The Balaban J connectivity index is 1.71. The molecule has 1 saturated carbocycles. The van der Waals surface area contributed by atoms with Crippen molar-refractivity contribution in [1.29, 1.82) is 0 Å². The molecule has 2 aromatic rings. The van der Waals surface area contributed by atoms with E-state index in [0.717, 1.165) is 6.07 Å². The van der Waals surface area contributed by atoms with Crippen LogP contribution >= 0.6 is 0 Å². The highest BCUT2D eigenvalue weighted by Gasteiger charge is 2.46. The van der Waals surface area contributed by atoms with E-state index in [9.17, 15) is 26.6 Å². The number of pyridine rings is 1. The SMILES string of the molecule is Cc1cc([C@@H](C)NC(=O)C2CC2c2ccc(C(F)(F)F)nc2N(C)C)c(F)cc1NCS(=O)O. The van der Waals surface area contributed by atoms with Gasteiger partial charge in [-0.15, -0.1) is 0 Å². The van der Waals surface area contributed by atoms with E-state index < -0.39 is 40.7 Å². The number of aryl methyl sites for hydroxylation is 1. The Morgan fingerprint density at radius 3 is 2.59 bits per heavy atom. The lowest BCUT2D eigenvalue weighted by atomic mass is 10.0. The van der Waals surface area contributed by atoms with E-state index in [0.29, 0.717) is 23.2 Å². The summed E-state index contributed by atoms with van der Waals surface area (Å²) in [6, 6.07) is 4.38. The number of hydrogen-bond donors (Lipinski definition) is 3. The summed E-state index contributed by atoms with van der Waals surface area (Å²) in [4.78, 5) is 18.0. The van der Waals surface area contributed by atoms with E-state index in [1.54, 1.807) is 34.0 Å². The first-order valence-corrected chi connectivity index (χ1v) is 11.7. The van der Waals surface area contributed by atoms with Crippen LogP contribution in [-0.4, -0.2) is 39.6 Å². The first-order valence-electron chi connectivity index (χ1n) is 10.5. The lowest BCUT2D eigenvalue weighted by Crippen LogP contribution is -2.29. The number of aromatic nitrogens is 1. The molecule has 1 aromatic heterocycles. The van der Waals surface area contributed by atoms with Crippen LogP contribution in [0.1, 0.15) is 47.7 Å². The van der Waals surface area contributed by atoms with Crippen molar-refractivity contribution >= 4 is 28.5 Å². The summed E-state index contributed by atoms with van der Waals surface area (Å²) in [7, 11) is 3.18. The number of amides is 1. The average Bonchev–Trinajstić information content (AvgIpc) is 3.53. The Bertz CT molecular complexity index is 1110. The fourth-order valence-corrected chi connectivity index (χ4v) is 4.14. The van der Waals surface area contributed by atoms with Gasteiger partial charge in [0, 0.05) is 31.3 Å². The van der Waals surface area contributed by atoms with Gasteiger partial charge in [-0.1, -0.05) is 6.07 Å². The summed E-state index contributed by atoms with van der Waals surface area (Å²) in [5.41, 5.74) is 0.826. The minimum absolute atomic E-state index is 0.164. The quantitative estimate of drug-likeness (QED) is 0.370. The number of carbonyl (C=O) groups excluding carboxylic acids is 1. The molecule has 3 N–H and O–H groups in total. The van der Waals surface area contributed by atoms with Crippen LogP contribution in [-0.2, 0) is 22.1 Å². The Morgan fingerprint density at radius 1 is 1.32 bits per heavy atom. The average molecular weight is 503 g/mol. The zero-order chi connectivity index (χ0) is 25.4. The van der Waals surface area contributed by atoms with Gasteiger partial charge in [-0.3, -0.25) is 4.79 Å². The molecule has 1 aromatic carbocycles. The molecule has 0 spiro atoms. The van der Waals surface area contributed by atoms with Crippen LogP contribution in [0.5, 0.6) is 0 Å². The number of alkyl halides is 3. The van der Waals surface area contributed by atoms with Crippen molar-refractivity contribution in [2.45, 2.75) is 38.4 Å². The highest BCUT2D eigenvalue weighted by Crippen LogP contribution is 2.50. The Morgan fingerprint density at radius 2 is 2.00 bits per heavy atom. The summed E-state index contributed by atoms with van der Waals surface area (Å²) in [5, 5.41) is 5.46. The third-order valence-corrected chi connectivity index (χ3v) is 6.09. The van der Waals surface area contributed by atoms with Crippen LogP contribution in [0.3, 0.4) is 0 Å². The molecule has 0 aliphatic heterocycles. The van der Waals surface area contributed by atoms with E-state index in [2.05, 4.69) is 15.6 Å². The molecule has 4 atom stereocenters. The lowest BCUT2D eigenvalue weighted by molar-refractivity contribution is -0.141. The van der Waals surface area contributed by atoms with Gasteiger partial charge in [-0.2, -0.15) is 13.2 Å². The van der Waals surface area contributed by atoms with Crippen molar-refractivity contribution in [3.05, 3.63) is 52.5 Å². The van der Waals surface area contributed by atoms with Gasteiger partial charge in [0.2, 0.25) is 5.91 Å². The fraction of sp³-hybridized carbons (Fsp3) is 0.455. The Kier molecular flexibility index (Phi) is 7.51. The molecule has 1 amide bonds. The molecule has 1 fully saturated rings. The Labute approximate surface area is 197 Å². The summed E-state index contributed by atoms with van der Waals surface area (Å²) >= 11 is -2.08. The van der Waals surface area contributed by atoms with Crippen LogP contribution in [0.4, 0.5) is 29.1 Å². The summed E-state index contributed by atoms with van der Waals surface area (Å²) in [6.07, 6.45) is -4.11. The summed E-state index contributed by atoms with van der Waals surface area (Å²) in [6.45, 7) is 3.34. The Hall–Kier alpha value is -2.73. The van der Waals surface area contributed by atoms with E-state index >= 15 is 0 Å². The molecule has 1 heterocycles. The summed E-state index contributed by atoms with van der Waals surface area (Å²) < 4.78 is 73.5. The monoisotopic (exact) mass is 502 g/mol. The second-order valence-electron chi connectivity index (χ2n) is 8.51. The predicted molar refractivity (Wildman–Crippen MR) is 121 cm³/mol. The van der Waals surface area contributed by atoms with Gasteiger partial charge >= 0.3 is 6.18 Å². The number of carbonyl (C=O) groups is 1. The molecule has 12 heteroatoms. The molecular formula is C22H26F4N4O3S. The van der Waals surface area contributed by atoms with Gasteiger partial charge in [-0.05, 0) is 55.5 Å². The van der Waals surface area contributed by atoms with Crippen LogP contribution < -0.4 is 15.5 Å². The highest BCUT2D eigenvalue weighted by atomic mass is 32.2. The van der Waals surface area contributed by atoms with Gasteiger partial charge in [-0.25, -0.2) is 13.6 Å². The highest BCUT2D eigenvalue weighted by molar-refractivity contribution is 7.79. The molecule has 1 aliphatic carbocycles. The molecule has 0 saturated heterocycles. The second-order valence-corrected chi connectivity index (χ2v) is 9.44. The van der Waals surface area contributed by atoms with Gasteiger partial charge in [0.25, 0.3) is 0 Å². The van der Waals surface area contributed by atoms with Crippen molar-refractivity contribution in [1.82, 2.24) is 10.3 Å². The molecule has 3 unspecified atom stereocenters. The maximum absolute atomic E-state index is 14.7. The number of hydrogen-bond acceptors (Lipinski definition) is 5. The third-order valence-electron chi connectivity index (χ3n) is 5.70. The van der Waals surface area contributed by atoms with Crippen molar-refractivity contribution in [2.24, 2.45) is 5.92 Å². The van der Waals surface area contributed by atoms with E-state index in [1.165, 1.54) is 17.0 Å². The van der Waals surface area contributed by atoms with Crippen LogP contribution in [0.2, 0.25) is 0 Å². The largest absolute Gasteiger partial charge is 0.433 e. The normalized spacial score (nSPS) is 19.3. The summed E-state index contributed by atoms with van der Waals surface area (Å²) in [5.74, 6) is -1.73.